The number of rotatable bonds is 2. The Kier molecular flexibility index (Phi) is 3.13. The van der Waals surface area contributed by atoms with Crippen molar-refractivity contribution in [3.63, 3.8) is 0 Å². The van der Waals surface area contributed by atoms with Crippen LogP contribution in [0.15, 0.2) is 24.4 Å². The van der Waals surface area contributed by atoms with E-state index in [4.69, 9.17) is 0 Å². The van der Waals surface area contributed by atoms with Gasteiger partial charge in [0.15, 0.2) is 5.69 Å². The molecule has 100 valence electrons. The molecule has 0 saturated heterocycles. The second kappa shape index (κ2) is 4.49. The molecule has 0 atom stereocenters. The first-order valence-electron chi connectivity index (χ1n) is 5.18. The molecule has 0 aliphatic carbocycles. The minimum Gasteiger partial charge on any atom is -0.333 e. The number of nitrogens with zero attached hydrogens (tertiary/aromatic N) is 2. The van der Waals surface area contributed by atoms with Crippen LogP contribution >= 0.6 is 0 Å². The standard InChI is InChI=1S/C12H8F4N2O/c1-18-5-10(12(14,15)16)17-11(18)8-3-2-7(6-19)4-9(8)13/h2-6H,1H3. The summed E-state index contributed by atoms with van der Waals surface area (Å²) in [5.74, 6) is -0.950. The monoisotopic (exact) mass is 272 g/mol. The zero-order chi connectivity index (χ0) is 14.2. The molecule has 2 rings (SSSR count). The number of aldehydes is 1. The fraction of sp³-hybridized carbons (Fsp3) is 0.167. The molecule has 7 heteroatoms. The highest BCUT2D eigenvalue weighted by molar-refractivity contribution is 5.76. The molecule has 0 aliphatic rings. The van der Waals surface area contributed by atoms with Gasteiger partial charge in [0.2, 0.25) is 0 Å². The van der Waals surface area contributed by atoms with Gasteiger partial charge in [0, 0.05) is 18.8 Å². The summed E-state index contributed by atoms with van der Waals surface area (Å²) in [6.07, 6.45) is -3.36. The predicted octanol–water partition coefficient (Wildman–Crippen LogP) is 3.06. The van der Waals surface area contributed by atoms with Gasteiger partial charge < -0.3 is 4.57 Å². The van der Waals surface area contributed by atoms with Gasteiger partial charge in [-0.25, -0.2) is 9.37 Å². The van der Waals surface area contributed by atoms with E-state index in [1.807, 2.05) is 0 Å². The molecule has 1 heterocycles. The zero-order valence-corrected chi connectivity index (χ0v) is 9.70. The maximum absolute atomic E-state index is 13.7. The molecule has 0 saturated carbocycles. The normalized spacial score (nSPS) is 11.6. The van der Waals surface area contributed by atoms with Crippen LogP contribution < -0.4 is 0 Å². The number of aromatic nitrogens is 2. The van der Waals surface area contributed by atoms with E-state index in [1.54, 1.807) is 0 Å². The number of imidazole rings is 1. The first-order valence-corrected chi connectivity index (χ1v) is 5.18. The molecular formula is C12H8F4N2O. The number of benzene rings is 1. The van der Waals surface area contributed by atoms with Crippen LogP contribution in [0, 0.1) is 5.82 Å². The second-order valence-electron chi connectivity index (χ2n) is 3.92. The van der Waals surface area contributed by atoms with Gasteiger partial charge in [-0.3, -0.25) is 4.79 Å². The summed E-state index contributed by atoms with van der Waals surface area (Å²) in [6.45, 7) is 0. The summed E-state index contributed by atoms with van der Waals surface area (Å²) in [5, 5.41) is 0. The van der Waals surface area contributed by atoms with Crippen molar-refractivity contribution in [2.24, 2.45) is 7.05 Å². The van der Waals surface area contributed by atoms with Crippen LogP contribution in [0.3, 0.4) is 0 Å². The average Bonchev–Trinajstić information content (AvgIpc) is 2.71. The summed E-state index contributed by atoms with van der Waals surface area (Å²) >= 11 is 0. The molecule has 0 bridgehead atoms. The third-order valence-electron chi connectivity index (χ3n) is 2.54. The van der Waals surface area contributed by atoms with Crippen molar-refractivity contribution in [3.8, 4) is 11.4 Å². The minimum atomic E-state index is -4.59. The number of carbonyl (C=O) groups excluding carboxylic acids is 1. The van der Waals surface area contributed by atoms with Gasteiger partial charge in [-0.15, -0.1) is 0 Å². The summed E-state index contributed by atoms with van der Waals surface area (Å²) in [6, 6.07) is 3.49. The highest BCUT2D eigenvalue weighted by Crippen LogP contribution is 2.31. The summed E-state index contributed by atoms with van der Waals surface area (Å²) < 4.78 is 52.3. The third kappa shape index (κ3) is 2.49. The molecule has 0 aliphatic heterocycles. The molecule has 1 aromatic carbocycles. The van der Waals surface area contributed by atoms with Gasteiger partial charge in [-0.1, -0.05) is 6.07 Å². The Morgan fingerprint density at radius 1 is 1.32 bits per heavy atom. The molecule has 0 unspecified atom stereocenters. The molecule has 2 aromatic rings. The van der Waals surface area contributed by atoms with Crippen LogP contribution in [0.4, 0.5) is 17.6 Å². The maximum atomic E-state index is 13.7. The number of hydrogen-bond donors (Lipinski definition) is 0. The fourth-order valence-corrected chi connectivity index (χ4v) is 1.64. The minimum absolute atomic E-state index is 0.0939. The van der Waals surface area contributed by atoms with Crippen molar-refractivity contribution in [2.45, 2.75) is 6.18 Å². The SMILES string of the molecule is Cn1cc(C(F)(F)F)nc1-c1ccc(C=O)cc1F. The second-order valence-corrected chi connectivity index (χ2v) is 3.92. The van der Waals surface area contributed by atoms with Gasteiger partial charge in [-0.2, -0.15) is 13.2 Å². The number of aryl methyl sites for hydroxylation is 1. The van der Waals surface area contributed by atoms with Gasteiger partial charge in [0.25, 0.3) is 0 Å². The molecule has 3 nitrogen and oxygen atoms in total. The quantitative estimate of drug-likeness (QED) is 0.622. The van der Waals surface area contributed by atoms with E-state index in [2.05, 4.69) is 4.98 Å². The molecule has 19 heavy (non-hydrogen) atoms. The highest BCUT2D eigenvalue weighted by Gasteiger charge is 2.34. The van der Waals surface area contributed by atoms with Crippen molar-refractivity contribution in [1.29, 1.82) is 0 Å². The van der Waals surface area contributed by atoms with Gasteiger partial charge in [0.05, 0.1) is 5.56 Å². The maximum Gasteiger partial charge on any atom is 0.434 e. The lowest BCUT2D eigenvalue weighted by Crippen LogP contribution is -2.05. The van der Waals surface area contributed by atoms with Crippen LogP contribution in [0.2, 0.25) is 0 Å². The summed E-state index contributed by atoms with van der Waals surface area (Å²) in [5.41, 5.74) is -1.08. The third-order valence-corrected chi connectivity index (χ3v) is 2.54. The number of halogens is 4. The van der Waals surface area contributed by atoms with E-state index >= 15 is 0 Å². The van der Waals surface area contributed by atoms with Gasteiger partial charge in [0.1, 0.15) is 17.9 Å². The van der Waals surface area contributed by atoms with E-state index in [0.717, 1.165) is 16.8 Å². The lowest BCUT2D eigenvalue weighted by Gasteiger charge is -2.03. The Morgan fingerprint density at radius 3 is 2.47 bits per heavy atom. The first-order chi connectivity index (χ1) is 8.82. The van der Waals surface area contributed by atoms with Crippen molar-refractivity contribution >= 4 is 6.29 Å². The Bertz CT molecular complexity index is 631. The molecule has 1 aromatic heterocycles. The Labute approximate surface area is 105 Å². The van der Waals surface area contributed by atoms with Crippen molar-refractivity contribution in [3.05, 3.63) is 41.5 Å². The predicted molar refractivity (Wildman–Crippen MR) is 59.0 cm³/mol. The first kappa shape index (κ1) is 13.3. The van der Waals surface area contributed by atoms with Gasteiger partial charge >= 0.3 is 6.18 Å². The topological polar surface area (TPSA) is 34.9 Å². The van der Waals surface area contributed by atoms with Gasteiger partial charge in [-0.05, 0) is 12.1 Å². The molecule has 0 amide bonds. The van der Waals surface area contributed by atoms with Crippen LogP contribution in [0.1, 0.15) is 16.1 Å². The summed E-state index contributed by atoms with van der Waals surface area (Å²) in [4.78, 5) is 13.9. The Hall–Kier alpha value is -2.18. The van der Waals surface area contributed by atoms with Crippen molar-refractivity contribution < 1.29 is 22.4 Å². The number of alkyl halides is 3. The van der Waals surface area contributed by atoms with Crippen LogP contribution in [-0.4, -0.2) is 15.8 Å². The molecule has 0 fully saturated rings. The van der Waals surface area contributed by atoms with Crippen molar-refractivity contribution in [1.82, 2.24) is 9.55 Å². The zero-order valence-electron chi connectivity index (χ0n) is 9.70. The van der Waals surface area contributed by atoms with Crippen LogP contribution in [0.5, 0.6) is 0 Å². The lowest BCUT2D eigenvalue weighted by atomic mass is 10.1. The molecular weight excluding hydrogens is 264 g/mol. The smallest absolute Gasteiger partial charge is 0.333 e. The van der Waals surface area contributed by atoms with Crippen LogP contribution in [-0.2, 0) is 13.2 Å². The van der Waals surface area contributed by atoms with E-state index < -0.39 is 17.7 Å². The Balaban J connectivity index is 2.53. The highest BCUT2D eigenvalue weighted by atomic mass is 19.4. The van der Waals surface area contributed by atoms with E-state index in [9.17, 15) is 22.4 Å². The molecule has 0 spiro atoms. The van der Waals surface area contributed by atoms with E-state index in [1.165, 1.54) is 19.2 Å². The Morgan fingerprint density at radius 2 is 2.00 bits per heavy atom. The molecule has 0 N–H and O–H groups in total. The fourth-order valence-electron chi connectivity index (χ4n) is 1.64. The summed E-state index contributed by atoms with van der Waals surface area (Å²) in [7, 11) is 1.34. The van der Waals surface area contributed by atoms with Crippen LogP contribution in [0.25, 0.3) is 11.4 Å². The van der Waals surface area contributed by atoms with E-state index in [0.29, 0.717) is 6.29 Å². The van der Waals surface area contributed by atoms with Crippen molar-refractivity contribution in [2.75, 3.05) is 0 Å². The number of hydrogen-bond acceptors (Lipinski definition) is 2. The van der Waals surface area contributed by atoms with E-state index in [-0.39, 0.29) is 17.0 Å². The average molecular weight is 272 g/mol. The lowest BCUT2D eigenvalue weighted by molar-refractivity contribution is -0.140. The number of carbonyl (C=O) groups is 1. The largest absolute Gasteiger partial charge is 0.434 e. The molecule has 0 radical (unpaired) electrons.